The highest BCUT2D eigenvalue weighted by atomic mass is 79.9. The molecule has 0 aliphatic heterocycles. The molecular weight excluding hydrogens is 282 g/mol. The molecule has 1 heterocycles. The van der Waals surface area contributed by atoms with Gasteiger partial charge in [-0.15, -0.1) is 0 Å². The van der Waals surface area contributed by atoms with E-state index in [0.29, 0.717) is 11.4 Å². The van der Waals surface area contributed by atoms with Crippen LogP contribution in [0.3, 0.4) is 0 Å². The Balaban J connectivity index is 2.23. The molecule has 2 aromatic rings. The molecule has 0 radical (unpaired) electrons. The van der Waals surface area contributed by atoms with Gasteiger partial charge in [0, 0.05) is 29.3 Å². The number of aryl methyl sites for hydroxylation is 1. The lowest BCUT2D eigenvalue weighted by molar-refractivity contribution is 0.102. The number of benzene rings is 1. The van der Waals surface area contributed by atoms with Gasteiger partial charge < -0.3 is 5.32 Å². The van der Waals surface area contributed by atoms with Crippen molar-refractivity contribution in [1.29, 1.82) is 0 Å². The van der Waals surface area contributed by atoms with Gasteiger partial charge in [0.25, 0.3) is 5.91 Å². The van der Waals surface area contributed by atoms with Crippen molar-refractivity contribution in [2.24, 2.45) is 7.05 Å². The molecule has 1 aromatic carbocycles. The number of nitrogens with zero attached hydrogens (tertiary/aromatic N) is 2. The van der Waals surface area contributed by atoms with Crippen LogP contribution in [0.2, 0.25) is 0 Å². The molecule has 17 heavy (non-hydrogen) atoms. The average molecular weight is 294 g/mol. The molecule has 0 bridgehead atoms. The fraction of sp³-hybridized carbons (Fsp3) is 0.167. The van der Waals surface area contributed by atoms with Crippen LogP contribution in [0, 0.1) is 6.92 Å². The van der Waals surface area contributed by atoms with Gasteiger partial charge in [-0.2, -0.15) is 5.10 Å². The zero-order valence-corrected chi connectivity index (χ0v) is 11.2. The van der Waals surface area contributed by atoms with Crippen LogP contribution in [-0.4, -0.2) is 15.7 Å². The maximum Gasteiger partial charge on any atom is 0.257 e. The third kappa shape index (κ3) is 2.55. The molecule has 1 aromatic heterocycles. The lowest BCUT2D eigenvalue weighted by atomic mass is 10.1. The van der Waals surface area contributed by atoms with Crippen molar-refractivity contribution in [2.75, 3.05) is 5.32 Å². The van der Waals surface area contributed by atoms with E-state index in [2.05, 4.69) is 26.3 Å². The first-order chi connectivity index (χ1) is 8.08. The number of carbonyl (C=O) groups excluding carboxylic acids is 1. The molecule has 0 saturated heterocycles. The van der Waals surface area contributed by atoms with Crippen molar-refractivity contribution in [3.63, 3.8) is 0 Å². The maximum atomic E-state index is 12.0. The minimum absolute atomic E-state index is 0.150. The smallest absolute Gasteiger partial charge is 0.257 e. The second kappa shape index (κ2) is 4.71. The first-order valence-electron chi connectivity index (χ1n) is 5.14. The predicted molar refractivity (Wildman–Crippen MR) is 70.0 cm³/mol. The molecule has 5 heteroatoms. The number of halogens is 1. The van der Waals surface area contributed by atoms with Gasteiger partial charge in [0.05, 0.1) is 0 Å². The van der Waals surface area contributed by atoms with Gasteiger partial charge in [0.2, 0.25) is 0 Å². The summed E-state index contributed by atoms with van der Waals surface area (Å²) in [6.07, 6.45) is 1.78. The standard InChI is InChI=1S/C12H12BrN3O/c1-8-9(4-3-5-10(8)13)12(17)14-11-6-7-16(2)15-11/h3-7H,1-2H3,(H,14,15,17). The summed E-state index contributed by atoms with van der Waals surface area (Å²) in [5.41, 5.74) is 1.56. The van der Waals surface area contributed by atoms with E-state index in [-0.39, 0.29) is 5.91 Å². The fourth-order valence-electron chi connectivity index (χ4n) is 1.52. The summed E-state index contributed by atoms with van der Waals surface area (Å²) in [5.74, 6) is 0.402. The van der Waals surface area contributed by atoms with E-state index in [1.165, 1.54) is 0 Å². The number of aromatic nitrogens is 2. The first kappa shape index (κ1) is 11.9. The molecule has 1 amide bonds. The Morgan fingerprint density at radius 2 is 2.18 bits per heavy atom. The number of nitrogens with one attached hydrogen (secondary N) is 1. The molecular formula is C12H12BrN3O. The van der Waals surface area contributed by atoms with Crippen LogP contribution in [0.4, 0.5) is 5.82 Å². The van der Waals surface area contributed by atoms with E-state index >= 15 is 0 Å². The molecule has 0 fully saturated rings. The van der Waals surface area contributed by atoms with E-state index in [1.807, 2.05) is 19.1 Å². The summed E-state index contributed by atoms with van der Waals surface area (Å²) in [6.45, 7) is 1.90. The zero-order valence-electron chi connectivity index (χ0n) is 9.57. The van der Waals surface area contributed by atoms with Gasteiger partial charge in [0.15, 0.2) is 5.82 Å². The van der Waals surface area contributed by atoms with Crippen molar-refractivity contribution >= 4 is 27.7 Å². The first-order valence-corrected chi connectivity index (χ1v) is 5.93. The molecule has 0 unspecified atom stereocenters. The summed E-state index contributed by atoms with van der Waals surface area (Å²) in [4.78, 5) is 12.0. The highest BCUT2D eigenvalue weighted by Crippen LogP contribution is 2.20. The van der Waals surface area contributed by atoms with E-state index < -0.39 is 0 Å². The van der Waals surface area contributed by atoms with Crippen LogP contribution in [0.25, 0.3) is 0 Å². The van der Waals surface area contributed by atoms with Crippen LogP contribution >= 0.6 is 15.9 Å². The second-order valence-corrected chi connectivity index (χ2v) is 4.60. The minimum Gasteiger partial charge on any atom is -0.305 e. The van der Waals surface area contributed by atoms with Crippen LogP contribution < -0.4 is 5.32 Å². The summed E-state index contributed by atoms with van der Waals surface area (Å²) >= 11 is 3.40. The monoisotopic (exact) mass is 293 g/mol. The Bertz CT molecular complexity index is 563. The second-order valence-electron chi connectivity index (χ2n) is 3.74. The molecule has 4 nitrogen and oxygen atoms in total. The third-order valence-electron chi connectivity index (χ3n) is 2.47. The van der Waals surface area contributed by atoms with Gasteiger partial charge in [-0.25, -0.2) is 0 Å². The van der Waals surface area contributed by atoms with Crippen molar-refractivity contribution < 1.29 is 4.79 Å². The summed E-state index contributed by atoms with van der Waals surface area (Å²) < 4.78 is 2.56. The van der Waals surface area contributed by atoms with Crippen molar-refractivity contribution in [1.82, 2.24) is 9.78 Å². The highest BCUT2D eigenvalue weighted by Gasteiger charge is 2.11. The minimum atomic E-state index is -0.150. The molecule has 1 N–H and O–H groups in total. The van der Waals surface area contributed by atoms with E-state index in [0.717, 1.165) is 10.0 Å². The molecule has 2 rings (SSSR count). The van der Waals surface area contributed by atoms with E-state index in [4.69, 9.17) is 0 Å². The fourth-order valence-corrected chi connectivity index (χ4v) is 1.89. The lowest BCUT2D eigenvalue weighted by Crippen LogP contribution is -2.14. The quantitative estimate of drug-likeness (QED) is 0.925. The molecule has 0 spiro atoms. The van der Waals surface area contributed by atoms with Crippen molar-refractivity contribution in [3.8, 4) is 0 Å². The van der Waals surface area contributed by atoms with Gasteiger partial charge >= 0.3 is 0 Å². The Morgan fingerprint density at radius 3 is 2.82 bits per heavy atom. The molecule has 0 atom stereocenters. The molecule has 0 aliphatic rings. The van der Waals surface area contributed by atoms with Gasteiger partial charge in [-0.1, -0.05) is 22.0 Å². The topological polar surface area (TPSA) is 46.9 Å². The third-order valence-corrected chi connectivity index (χ3v) is 3.33. The number of hydrogen-bond donors (Lipinski definition) is 1. The van der Waals surface area contributed by atoms with E-state index in [9.17, 15) is 4.79 Å². The van der Waals surface area contributed by atoms with Gasteiger partial charge in [0.1, 0.15) is 0 Å². The lowest BCUT2D eigenvalue weighted by Gasteiger charge is -2.06. The Morgan fingerprint density at radius 1 is 1.41 bits per heavy atom. The summed E-state index contributed by atoms with van der Waals surface area (Å²) in [6, 6.07) is 7.29. The number of amides is 1. The predicted octanol–water partition coefficient (Wildman–Crippen LogP) is 2.74. The normalized spacial score (nSPS) is 10.3. The van der Waals surface area contributed by atoms with Crippen LogP contribution in [0.1, 0.15) is 15.9 Å². The van der Waals surface area contributed by atoms with Crippen LogP contribution in [0.15, 0.2) is 34.9 Å². The Labute approximate surface area is 108 Å². The van der Waals surface area contributed by atoms with Crippen molar-refractivity contribution in [2.45, 2.75) is 6.92 Å². The zero-order chi connectivity index (χ0) is 12.4. The van der Waals surface area contributed by atoms with Crippen molar-refractivity contribution in [3.05, 3.63) is 46.1 Å². The van der Waals surface area contributed by atoms with Crippen LogP contribution in [0.5, 0.6) is 0 Å². The number of anilines is 1. The number of rotatable bonds is 2. The Hall–Kier alpha value is -1.62. The van der Waals surface area contributed by atoms with E-state index in [1.54, 1.807) is 30.1 Å². The maximum absolute atomic E-state index is 12.0. The van der Waals surface area contributed by atoms with Gasteiger partial charge in [-0.05, 0) is 24.6 Å². The number of carbonyl (C=O) groups is 1. The average Bonchev–Trinajstić information content (AvgIpc) is 2.68. The van der Waals surface area contributed by atoms with Crippen LogP contribution in [-0.2, 0) is 7.05 Å². The molecule has 0 aliphatic carbocycles. The number of hydrogen-bond acceptors (Lipinski definition) is 2. The SMILES string of the molecule is Cc1c(Br)cccc1C(=O)Nc1ccn(C)n1. The Kier molecular flexibility index (Phi) is 3.28. The highest BCUT2D eigenvalue weighted by molar-refractivity contribution is 9.10. The summed E-state index contributed by atoms with van der Waals surface area (Å²) in [7, 11) is 1.81. The molecule has 0 saturated carbocycles. The molecule has 88 valence electrons. The largest absolute Gasteiger partial charge is 0.305 e. The van der Waals surface area contributed by atoms with Gasteiger partial charge in [-0.3, -0.25) is 9.48 Å². The summed E-state index contributed by atoms with van der Waals surface area (Å²) in [5, 5.41) is 6.86.